The Morgan fingerprint density at radius 1 is 0.511 bits per heavy atom. The molecule has 2 N–H and O–H groups in total. The van der Waals surface area contributed by atoms with Gasteiger partial charge in [0.1, 0.15) is 17.3 Å². The molecule has 0 aliphatic carbocycles. The van der Waals surface area contributed by atoms with E-state index in [1.807, 2.05) is 18.2 Å². The zero-order valence-electron chi connectivity index (χ0n) is 30.3. The quantitative estimate of drug-likeness (QED) is 0.172. The average molecular weight is 621 g/mol. The van der Waals surface area contributed by atoms with Crippen LogP contribution in [0, 0.1) is 0 Å². The van der Waals surface area contributed by atoms with Crippen LogP contribution in [0.1, 0.15) is 161 Å². The van der Waals surface area contributed by atoms with Crippen LogP contribution in [-0.2, 0) is 48.9 Å². The lowest BCUT2D eigenvalue weighted by molar-refractivity contribution is -0.136. The number of phenols is 2. The van der Waals surface area contributed by atoms with Crippen LogP contribution >= 0.6 is 0 Å². The van der Waals surface area contributed by atoms with Crippen molar-refractivity contribution in [3.8, 4) is 11.5 Å². The highest BCUT2D eigenvalue weighted by Gasteiger charge is 2.27. The lowest BCUT2D eigenvalue weighted by atomic mass is 9.78. The summed E-state index contributed by atoms with van der Waals surface area (Å²) in [6.45, 7) is 25.0. The minimum absolute atomic E-state index is 0.0671. The van der Waals surface area contributed by atoms with E-state index >= 15 is 0 Å². The van der Waals surface area contributed by atoms with Crippen LogP contribution < -0.4 is 0 Å². The SMILES string of the molecule is CC(C)(C)c1cc(CCC(=O)CCCCCC(=O)C(=O)CCc2cc(C(C)(C)C)c(O)c(C(C)(C)C)c2)c(O)c(C(C)(C)C)c1. The fraction of sp³-hybridized carbons (Fsp3) is 0.625. The van der Waals surface area contributed by atoms with Gasteiger partial charge < -0.3 is 10.2 Å². The summed E-state index contributed by atoms with van der Waals surface area (Å²) in [6, 6.07) is 8.05. The lowest BCUT2D eigenvalue weighted by Gasteiger charge is -2.28. The summed E-state index contributed by atoms with van der Waals surface area (Å²) < 4.78 is 0. The Hall–Kier alpha value is -2.95. The fourth-order valence-corrected chi connectivity index (χ4v) is 5.59. The van der Waals surface area contributed by atoms with Crippen molar-refractivity contribution in [3.63, 3.8) is 0 Å². The van der Waals surface area contributed by atoms with Gasteiger partial charge in [-0.1, -0.05) is 114 Å². The molecule has 0 aromatic heterocycles. The van der Waals surface area contributed by atoms with E-state index in [-0.39, 0.29) is 51.9 Å². The molecule has 0 fully saturated rings. The second kappa shape index (κ2) is 14.6. The normalized spacial score (nSPS) is 12.8. The van der Waals surface area contributed by atoms with E-state index in [0.717, 1.165) is 33.4 Å². The maximum atomic E-state index is 12.7. The van der Waals surface area contributed by atoms with Crippen molar-refractivity contribution >= 4 is 17.3 Å². The molecule has 250 valence electrons. The number of unbranched alkanes of at least 4 members (excludes halogenated alkanes) is 2. The first-order valence-corrected chi connectivity index (χ1v) is 16.7. The topological polar surface area (TPSA) is 91.7 Å². The molecule has 0 saturated carbocycles. The van der Waals surface area contributed by atoms with Gasteiger partial charge in [-0.05, 0) is 80.7 Å². The van der Waals surface area contributed by atoms with Crippen LogP contribution in [0.3, 0.4) is 0 Å². The van der Waals surface area contributed by atoms with Gasteiger partial charge in [-0.2, -0.15) is 0 Å². The van der Waals surface area contributed by atoms with Gasteiger partial charge in [0.15, 0.2) is 11.6 Å². The molecule has 0 saturated heterocycles. The second-order valence-electron chi connectivity index (χ2n) is 17.0. The van der Waals surface area contributed by atoms with E-state index in [1.54, 1.807) is 0 Å². The van der Waals surface area contributed by atoms with Crippen molar-refractivity contribution < 1.29 is 24.6 Å². The molecule has 0 radical (unpaired) electrons. The van der Waals surface area contributed by atoms with E-state index in [2.05, 4.69) is 89.2 Å². The number of hydrogen-bond acceptors (Lipinski definition) is 5. The Bertz CT molecular complexity index is 1330. The van der Waals surface area contributed by atoms with Crippen molar-refractivity contribution in [3.05, 3.63) is 57.6 Å². The molecular weight excluding hydrogens is 560 g/mol. The third-order valence-corrected chi connectivity index (χ3v) is 8.63. The molecule has 2 aromatic carbocycles. The van der Waals surface area contributed by atoms with Crippen LogP contribution in [0.5, 0.6) is 11.5 Å². The zero-order chi connectivity index (χ0) is 34.5. The van der Waals surface area contributed by atoms with Gasteiger partial charge in [0.25, 0.3) is 0 Å². The molecule has 2 aromatic rings. The summed E-state index contributed by atoms with van der Waals surface area (Å²) in [4.78, 5) is 37.9. The molecule has 0 atom stereocenters. The predicted molar refractivity (Wildman–Crippen MR) is 186 cm³/mol. The molecule has 0 heterocycles. The molecule has 0 aliphatic rings. The molecule has 45 heavy (non-hydrogen) atoms. The molecule has 0 amide bonds. The number of benzene rings is 2. The third-order valence-electron chi connectivity index (χ3n) is 8.63. The van der Waals surface area contributed by atoms with Crippen molar-refractivity contribution in [2.75, 3.05) is 0 Å². The largest absolute Gasteiger partial charge is 0.507 e. The minimum Gasteiger partial charge on any atom is -0.507 e. The standard InChI is InChI=1S/C40H60O5/c1-37(2,3)28-24-27(35(44)32(25-28)40(10,11)12)19-20-29(41)16-14-13-15-17-33(42)34(43)21-18-26-22-30(38(4,5)6)36(45)31(23-26)39(7,8)9/h22-25,44-45H,13-21H2,1-12H3. The van der Waals surface area contributed by atoms with E-state index in [9.17, 15) is 24.6 Å². The van der Waals surface area contributed by atoms with Crippen molar-refractivity contribution in [2.24, 2.45) is 0 Å². The summed E-state index contributed by atoms with van der Waals surface area (Å²) in [5.74, 6) is 0.0357. The maximum absolute atomic E-state index is 12.7. The highest BCUT2D eigenvalue weighted by molar-refractivity contribution is 6.37. The van der Waals surface area contributed by atoms with E-state index in [4.69, 9.17) is 0 Å². The van der Waals surface area contributed by atoms with Gasteiger partial charge in [0.2, 0.25) is 0 Å². The first-order chi connectivity index (χ1) is 20.4. The molecular formula is C40H60O5. The molecule has 2 rings (SSSR count). The molecule has 0 aliphatic heterocycles. The smallest absolute Gasteiger partial charge is 0.198 e. The van der Waals surface area contributed by atoms with Crippen LogP contribution in [0.4, 0.5) is 0 Å². The lowest BCUT2D eigenvalue weighted by Crippen LogP contribution is -2.18. The summed E-state index contributed by atoms with van der Waals surface area (Å²) in [5.41, 5.74) is 4.75. The minimum atomic E-state index is -0.360. The number of aryl methyl sites for hydroxylation is 2. The fourth-order valence-electron chi connectivity index (χ4n) is 5.59. The number of ketones is 3. The second-order valence-corrected chi connectivity index (χ2v) is 17.0. The van der Waals surface area contributed by atoms with Crippen LogP contribution in [0.25, 0.3) is 0 Å². The summed E-state index contributed by atoms with van der Waals surface area (Å²) >= 11 is 0. The molecule has 0 bridgehead atoms. The molecule has 0 unspecified atom stereocenters. The number of aromatic hydroxyl groups is 2. The first-order valence-electron chi connectivity index (χ1n) is 16.7. The molecule has 0 spiro atoms. The van der Waals surface area contributed by atoms with Gasteiger partial charge in [-0.15, -0.1) is 0 Å². The third kappa shape index (κ3) is 11.1. The van der Waals surface area contributed by atoms with Gasteiger partial charge in [-0.25, -0.2) is 0 Å². The van der Waals surface area contributed by atoms with Gasteiger partial charge >= 0.3 is 0 Å². The van der Waals surface area contributed by atoms with Crippen molar-refractivity contribution in [1.82, 2.24) is 0 Å². The van der Waals surface area contributed by atoms with E-state index in [1.165, 1.54) is 0 Å². The number of phenolic OH excluding ortho intramolecular Hbond substituents is 2. The highest BCUT2D eigenvalue weighted by atomic mass is 16.3. The number of carbonyl (C=O) groups is 3. The number of Topliss-reactive ketones (excluding diaryl/α,β-unsaturated/α-hetero) is 3. The molecule has 5 heteroatoms. The van der Waals surface area contributed by atoms with Crippen molar-refractivity contribution in [1.29, 1.82) is 0 Å². The Balaban J connectivity index is 1.86. The van der Waals surface area contributed by atoms with Crippen LogP contribution in [-0.4, -0.2) is 27.6 Å². The number of rotatable bonds is 13. The van der Waals surface area contributed by atoms with E-state index < -0.39 is 0 Å². The summed E-state index contributed by atoms with van der Waals surface area (Å²) in [5, 5.41) is 21.9. The predicted octanol–water partition coefficient (Wildman–Crippen LogP) is 9.51. The Labute approximate surface area is 273 Å². The van der Waals surface area contributed by atoms with Crippen LogP contribution in [0.15, 0.2) is 24.3 Å². The Morgan fingerprint density at radius 2 is 0.978 bits per heavy atom. The average Bonchev–Trinajstić information content (AvgIpc) is 2.88. The number of hydrogen-bond donors (Lipinski definition) is 2. The number of carbonyl (C=O) groups excluding carboxylic acids is 3. The summed E-state index contributed by atoms with van der Waals surface area (Å²) in [7, 11) is 0. The monoisotopic (exact) mass is 620 g/mol. The highest BCUT2D eigenvalue weighted by Crippen LogP contribution is 2.40. The Kier molecular flexibility index (Phi) is 12.4. The van der Waals surface area contributed by atoms with Gasteiger partial charge in [0.05, 0.1) is 0 Å². The van der Waals surface area contributed by atoms with Crippen LogP contribution in [0.2, 0.25) is 0 Å². The Morgan fingerprint density at radius 3 is 1.47 bits per heavy atom. The maximum Gasteiger partial charge on any atom is 0.198 e. The zero-order valence-corrected chi connectivity index (χ0v) is 30.3. The first kappa shape index (κ1) is 38.2. The van der Waals surface area contributed by atoms with Gasteiger partial charge in [-0.3, -0.25) is 14.4 Å². The summed E-state index contributed by atoms with van der Waals surface area (Å²) in [6.07, 6.45) is 4.08. The van der Waals surface area contributed by atoms with Gasteiger partial charge in [0, 0.05) is 25.7 Å². The van der Waals surface area contributed by atoms with Crippen molar-refractivity contribution in [2.45, 2.75) is 163 Å². The molecule has 5 nitrogen and oxygen atoms in total. The van der Waals surface area contributed by atoms with E-state index in [0.29, 0.717) is 56.4 Å².